The molecule has 3 rings (SSSR count). The van der Waals surface area contributed by atoms with Crippen molar-refractivity contribution < 1.29 is 24.5 Å². The van der Waals surface area contributed by atoms with Crippen LogP contribution in [0.3, 0.4) is 0 Å². The smallest absolute Gasteiger partial charge is 0.352 e. The number of carboxylic acid groups (broad SMARTS) is 2. The van der Waals surface area contributed by atoms with Crippen LogP contribution in [-0.2, 0) is 0 Å². The molecule has 122 valence electrons. The van der Waals surface area contributed by atoms with Gasteiger partial charge in [-0.05, 0) is 6.07 Å². The zero-order valence-electron chi connectivity index (χ0n) is 12.2. The van der Waals surface area contributed by atoms with Crippen LogP contribution in [0.5, 0.6) is 5.75 Å². The second-order valence-electron chi connectivity index (χ2n) is 4.96. The van der Waals surface area contributed by atoms with E-state index in [0.717, 1.165) is 12.1 Å². The zero-order valence-corrected chi connectivity index (χ0v) is 12.2. The molecule has 0 aliphatic rings. The molecule has 2 aromatic heterocycles. The Hall–Kier alpha value is -3.62. The van der Waals surface area contributed by atoms with Gasteiger partial charge in [0.05, 0.1) is 28.9 Å². The standard InChI is InChI=1S/C15H10N2O7/c1-24-13-11-5(9(18)3-7(16-11)14(20)21)2-6-10(19)4-8(15(22)23)17-12(6)13/h2-4H,1H3,(H,16,18)(H,17,19)(H,20,21)(H,22,23). The van der Waals surface area contributed by atoms with Gasteiger partial charge in [-0.25, -0.2) is 9.59 Å². The lowest BCUT2D eigenvalue weighted by molar-refractivity contribution is 0.0680. The largest absolute Gasteiger partial charge is 0.492 e. The fourth-order valence-corrected chi connectivity index (χ4v) is 2.49. The lowest BCUT2D eigenvalue weighted by Gasteiger charge is -2.11. The molecule has 24 heavy (non-hydrogen) atoms. The van der Waals surface area contributed by atoms with Crippen molar-refractivity contribution in [2.24, 2.45) is 0 Å². The van der Waals surface area contributed by atoms with Gasteiger partial charge in [-0.2, -0.15) is 0 Å². The number of H-pyrrole nitrogens is 2. The van der Waals surface area contributed by atoms with Gasteiger partial charge in [0.2, 0.25) is 0 Å². The van der Waals surface area contributed by atoms with Crippen molar-refractivity contribution >= 4 is 33.7 Å². The molecule has 0 aliphatic heterocycles. The molecule has 0 saturated carbocycles. The van der Waals surface area contributed by atoms with Gasteiger partial charge in [0.25, 0.3) is 0 Å². The summed E-state index contributed by atoms with van der Waals surface area (Å²) in [7, 11) is 1.26. The fourth-order valence-electron chi connectivity index (χ4n) is 2.49. The summed E-state index contributed by atoms with van der Waals surface area (Å²) < 4.78 is 5.19. The molecule has 0 atom stereocenters. The van der Waals surface area contributed by atoms with E-state index < -0.39 is 22.8 Å². The highest BCUT2D eigenvalue weighted by molar-refractivity contribution is 6.04. The van der Waals surface area contributed by atoms with E-state index >= 15 is 0 Å². The van der Waals surface area contributed by atoms with Crippen LogP contribution in [0, 0.1) is 0 Å². The summed E-state index contributed by atoms with van der Waals surface area (Å²) in [5.41, 5.74) is -1.84. The van der Waals surface area contributed by atoms with Gasteiger partial charge in [-0.3, -0.25) is 9.59 Å². The van der Waals surface area contributed by atoms with Gasteiger partial charge < -0.3 is 24.9 Å². The zero-order chi connectivity index (χ0) is 17.6. The van der Waals surface area contributed by atoms with E-state index in [1.807, 2.05) is 0 Å². The number of carboxylic acids is 2. The first-order chi connectivity index (χ1) is 11.3. The van der Waals surface area contributed by atoms with Crippen LogP contribution in [-0.4, -0.2) is 39.2 Å². The second-order valence-corrected chi connectivity index (χ2v) is 4.96. The minimum atomic E-state index is -1.34. The average molecular weight is 330 g/mol. The summed E-state index contributed by atoms with van der Waals surface area (Å²) >= 11 is 0. The summed E-state index contributed by atoms with van der Waals surface area (Å²) in [4.78, 5) is 51.6. The highest BCUT2D eigenvalue weighted by Crippen LogP contribution is 2.30. The van der Waals surface area contributed by atoms with E-state index in [1.165, 1.54) is 13.2 Å². The van der Waals surface area contributed by atoms with Crippen LogP contribution in [0.15, 0.2) is 27.8 Å². The Morgan fingerprint density at radius 1 is 0.875 bits per heavy atom. The van der Waals surface area contributed by atoms with Crippen molar-refractivity contribution in [2.75, 3.05) is 7.11 Å². The number of carbonyl (C=O) groups is 2. The molecule has 4 N–H and O–H groups in total. The van der Waals surface area contributed by atoms with E-state index in [9.17, 15) is 19.2 Å². The summed E-state index contributed by atoms with van der Waals surface area (Å²) in [6.45, 7) is 0. The third kappa shape index (κ3) is 2.19. The average Bonchev–Trinajstić information content (AvgIpc) is 2.52. The van der Waals surface area contributed by atoms with Crippen molar-refractivity contribution in [2.45, 2.75) is 0 Å². The molecule has 9 nitrogen and oxygen atoms in total. The molecule has 0 spiro atoms. The second kappa shape index (κ2) is 5.23. The number of methoxy groups -OCH3 is 1. The predicted molar refractivity (Wildman–Crippen MR) is 83.2 cm³/mol. The van der Waals surface area contributed by atoms with Gasteiger partial charge in [-0.1, -0.05) is 0 Å². The van der Waals surface area contributed by atoms with Crippen molar-refractivity contribution in [3.63, 3.8) is 0 Å². The van der Waals surface area contributed by atoms with E-state index in [2.05, 4.69) is 9.97 Å². The molecule has 0 aliphatic carbocycles. The maximum Gasteiger partial charge on any atom is 0.352 e. The number of ether oxygens (including phenoxy) is 1. The monoisotopic (exact) mass is 330 g/mol. The minimum Gasteiger partial charge on any atom is -0.492 e. The van der Waals surface area contributed by atoms with Crippen LogP contribution in [0.25, 0.3) is 21.8 Å². The lowest BCUT2D eigenvalue weighted by Crippen LogP contribution is -2.14. The van der Waals surface area contributed by atoms with E-state index in [0.29, 0.717) is 0 Å². The molecule has 0 radical (unpaired) electrons. The highest BCUT2D eigenvalue weighted by Gasteiger charge is 2.18. The maximum atomic E-state index is 12.2. The van der Waals surface area contributed by atoms with Gasteiger partial charge in [-0.15, -0.1) is 0 Å². The summed E-state index contributed by atoms with van der Waals surface area (Å²) in [6.07, 6.45) is 0. The normalized spacial score (nSPS) is 10.9. The molecule has 3 aromatic rings. The lowest BCUT2D eigenvalue weighted by atomic mass is 10.1. The number of aromatic amines is 2. The van der Waals surface area contributed by atoms with Crippen LogP contribution >= 0.6 is 0 Å². The SMILES string of the molecule is COc1c2[nH]c(C(=O)O)cc(=O)c2cc2c(=O)cc(C(=O)O)[nH]c12. The Morgan fingerprint density at radius 3 is 1.62 bits per heavy atom. The fraction of sp³-hybridized carbons (Fsp3) is 0.0667. The van der Waals surface area contributed by atoms with Crippen LogP contribution in [0.2, 0.25) is 0 Å². The molecule has 0 fully saturated rings. The van der Waals surface area contributed by atoms with Crippen LogP contribution in [0.1, 0.15) is 21.0 Å². The molecular formula is C15H10N2O7. The Balaban J connectivity index is 2.59. The molecule has 0 saturated heterocycles. The van der Waals surface area contributed by atoms with Gasteiger partial charge in [0, 0.05) is 12.1 Å². The van der Waals surface area contributed by atoms with E-state index in [-0.39, 0.29) is 38.9 Å². The molecule has 0 amide bonds. The minimum absolute atomic E-state index is 0.0251. The van der Waals surface area contributed by atoms with Crippen LogP contribution < -0.4 is 15.6 Å². The number of hydrogen-bond donors (Lipinski definition) is 4. The first-order valence-corrected chi connectivity index (χ1v) is 6.61. The van der Waals surface area contributed by atoms with Gasteiger partial charge in [0.15, 0.2) is 16.6 Å². The summed E-state index contributed by atoms with van der Waals surface area (Å²) in [6, 6.07) is 3.06. The number of aromatic nitrogens is 2. The molecule has 1 aromatic carbocycles. The van der Waals surface area contributed by atoms with Crippen molar-refractivity contribution in [3.8, 4) is 5.75 Å². The summed E-state index contributed by atoms with van der Waals surface area (Å²) in [5, 5.41) is 18.2. The van der Waals surface area contributed by atoms with E-state index in [4.69, 9.17) is 14.9 Å². The van der Waals surface area contributed by atoms with Crippen molar-refractivity contribution in [3.05, 3.63) is 50.0 Å². The van der Waals surface area contributed by atoms with Gasteiger partial charge in [0.1, 0.15) is 11.4 Å². The highest BCUT2D eigenvalue weighted by atomic mass is 16.5. The van der Waals surface area contributed by atoms with Gasteiger partial charge >= 0.3 is 11.9 Å². The Bertz CT molecular complexity index is 1050. The molecule has 9 heteroatoms. The number of nitrogens with one attached hydrogen (secondary N) is 2. The number of fused-ring (bicyclic) bond motifs is 2. The number of rotatable bonds is 3. The topological polar surface area (TPSA) is 150 Å². The maximum absolute atomic E-state index is 12.2. The number of hydrogen-bond acceptors (Lipinski definition) is 5. The summed E-state index contributed by atoms with van der Waals surface area (Å²) in [5.74, 6) is -2.71. The quantitative estimate of drug-likeness (QED) is 0.518. The molecule has 0 unspecified atom stereocenters. The predicted octanol–water partition coefficient (Wildman–Crippen LogP) is 0.775. The Kier molecular flexibility index (Phi) is 3.33. The third-order valence-electron chi connectivity index (χ3n) is 3.55. The van der Waals surface area contributed by atoms with Crippen molar-refractivity contribution in [1.29, 1.82) is 0 Å². The molecule has 0 bridgehead atoms. The van der Waals surface area contributed by atoms with Crippen LogP contribution in [0.4, 0.5) is 0 Å². The number of pyridine rings is 2. The Labute approximate surface area is 132 Å². The Morgan fingerprint density at radius 2 is 1.29 bits per heavy atom. The number of benzene rings is 1. The third-order valence-corrected chi connectivity index (χ3v) is 3.55. The number of aromatic carboxylic acids is 2. The first kappa shape index (κ1) is 15.3. The molecular weight excluding hydrogens is 320 g/mol. The van der Waals surface area contributed by atoms with Crippen molar-refractivity contribution in [1.82, 2.24) is 9.97 Å². The molecule has 2 heterocycles. The first-order valence-electron chi connectivity index (χ1n) is 6.61. The van der Waals surface area contributed by atoms with E-state index in [1.54, 1.807) is 0 Å².